The number of nitrogens with zero attached hydrogens (tertiary/aromatic N) is 5. The third-order valence-electron chi connectivity index (χ3n) is 4.94. The van der Waals surface area contributed by atoms with E-state index in [2.05, 4.69) is 25.5 Å². The summed E-state index contributed by atoms with van der Waals surface area (Å²) in [6.45, 7) is 7.12. The van der Waals surface area contributed by atoms with Crippen molar-refractivity contribution < 1.29 is 14.1 Å². The Morgan fingerprint density at radius 3 is 3.00 bits per heavy atom. The van der Waals surface area contributed by atoms with Crippen molar-refractivity contribution in [2.24, 2.45) is 0 Å². The second kappa shape index (κ2) is 8.12. The van der Waals surface area contributed by atoms with Gasteiger partial charge in [0.2, 0.25) is 0 Å². The number of ether oxygens (including phenoxy) is 1. The molecule has 1 atom stereocenters. The first kappa shape index (κ1) is 19.3. The van der Waals surface area contributed by atoms with Crippen LogP contribution in [-0.2, 0) is 4.74 Å². The number of aromatic nitrogens is 5. The van der Waals surface area contributed by atoms with Crippen molar-refractivity contribution in [3.8, 4) is 17.3 Å². The van der Waals surface area contributed by atoms with Crippen molar-refractivity contribution in [2.75, 3.05) is 13.2 Å². The summed E-state index contributed by atoms with van der Waals surface area (Å²) in [5.74, 6) is 1.66. The zero-order valence-corrected chi connectivity index (χ0v) is 16.8. The first-order valence-electron chi connectivity index (χ1n) is 9.77. The van der Waals surface area contributed by atoms with Crippen LogP contribution in [0.25, 0.3) is 17.3 Å². The topological polar surface area (TPSA) is 108 Å². The van der Waals surface area contributed by atoms with E-state index in [0.29, 0.717) is 35.3 Å². The van der Waals surface area contributed by atoms with Crippen molar-refractivity contribution in [3.05, 3.63) is 41.6 Å². The van der Waals surface area contributed by atoms with Crippen LogP contribution in [0.2, 0.25) is 0 Å². The van der Waals surface area contributed by atoms with Gasteiger partial charge in [-0.15, -0.1) is 0 Å². The number of carbonyl (C=O) groups excluding carboxylic acids is 1. The molecular weight excluding hydrogens is 372 g/mol. The van der Waals surface area contributed by atoms with Gasteiger partial charge in [0, 0.05) is 30.8 Å². The largest absolute Gasteiger partial charge is 0.376 e. The van der Waals surface area contributed by atoms with Crippen molar-refractivity contribution in [1.82, 2.24) is 30.2 Å². The number of carbonyl (C=O) groups is 1. The molecule has 0 saturated carbocycles. The molecule has 9 nitrogen and oxygen atoms in total. The Morgan fingerprint density at radius 2 is 2.28 bits per heavy atom. The van der Waals surface area contributed by atoms with Crippen LogP contribution in [0.5, 0.6) is 0 Å². The molecule has 1 unspecified atom stereocenters. The molecule has 0 spiro atoms. The minimum Gasteiger partial charge on any atom is -0.376 e. The molecule has 4 heterocycles. The highest BCUT2D eigenvalue weighted by molar-refractivity contribution is 5.95. The maximum atomic E-state index is 12.5. The maximum absolute atomic E-state index is 12.5. The van der Waals surface area contributed by atoms with E-state index in [-0.39, 0.29) is 17.9 Å². The number of hydrogen-bond donors (Lipinski definition) is 1. The van der Waals surface area contributed by atoms with Gasteiger partial charge in [-0.3, -0.25) is 4.79 Å². The summed E-state index contributed by atoms with van der Waals surface area (Å²) in [6.07, 6.45) is 5.32. The minimum absolute atomic E-state index is 0.0952. The van der Waals surface area contributed by atoms with Crippen molar-refractivity contribution >= 4 is 5.91 Å². The van der Waals surface area contributed by atoms with Crippen molar-refractivity contribution in [3.63, 3.8) is 0 Å². The number of pyridine rings is 1. The van der Waals surface area contributed by atoms with Gasteiger partial charge in [-0.25, -0.2) is 9.67 Å². The lowest BCUT2D eigenvalue weighted by atomic mass is 10.2. The molecule has 1 amide bonds. The molecule has 29 heavy (non-hydrogen) atoms. The minimum atomic E-state index is -0.168. The summed E-state index contributed by atoms with van der Waals surface area (Å²) in [4.78, 5) is 21.3. The quantitative estimate of drug-likeness (QED) is 0.682. The molecule has 0 bridgehead atoms. The number of rotatable bonds is 6. The van der Waals surface area contributed by atoms with Gasteiger partial charge in [0.25, 0.3) is 11.8 Å². The first-order valence-corrected chi connectivity index (χ1v) is 9.77. The monoisotopic (exact) mass is 396 g/mol. The molecule has 152 valence electrons. The van der Waals surface area contributed by atoms with E-state index < -0.39 is 0 Å². The Balaban J connectivity index is 1.53. The molecule has 1 N–H and O–H groups in total. The zero-order valence-electron chi connectivity index (χ0n) is 16.8. The predicted octanol–water partition coefficient (Wildman–Crippen LogP) is 2.66. The average molecular weight is 396 g/mol. The molecule has 9 heteroatoms. The fourth-order valence-electron chi connectivity index (χ4n) is 3.22. The molecule has 1 aliphatic heterocycles. The van der Waals surface area contributed by atoms with E-state index >= 15 is 0 Å². The van der Waals surface area contributed by atoms with E-state index in [0.717, 1.165) is 25.0 Å². The molecule has 0 aromatic carbocycles. The van der Waals surface area contributed by atoms with Gasteiger partial charge in [0.1, 0.15) is 0 Å². The SMILES string of the molecule is Cc1c(C(=O)NCC2CCCO2)cnn1-c1cc(-c2nc(C(C)C)no2)ccn1. The van der Waals surface area contributed by atoms with Crippen LogP contribution in [0.3, 0.4) is 0 Å². The molecule has 1 aliphatic rings. The maximum Gasteiger partial charge on any atom is 0.258 e. The lowest BCUT2D eigenvalue weighted by Gasteiger charge is -2.10. The summed E-state index contributed by atoms with van der Waals surface area (Å²) in [5.41, 5.74) is 1.96. The number of hydrogen-bond acceptors (Lipinski definition) is 7. The summed E-state index contributed by atoms with van der Waals surface area (Å²) < 4.78 is 12.5. The summed E-state index contributed by atoms with van der Waals surface area (Å²) in [5, 5.41) is 11.3. The van der Waals surface area contributed by atoms with Crippen LogP contribution in [0.4, 0.5) is 0 Å². The Kier molecular flexibility index (Phi) is 5.39. The van der Waals surface area contributed by atoms with Crippen molar-refractivity contribution in [2.45, 2.75) is 45.6 Å². The fourth-order valence-corrected chi connectivity index (χ4v) is 3.22. The van der Waals surface area contributed by atoms with Crippen LogP contribution < -0.4 is 5.32 Å². The van der Waals surface area contributed by atoms with Gasteiger partial charge >= 0.3 is 0 Å². The highest BCUT2D eigenvalue weighted by atomic mass is 16.5. The molecule has 3 aromatic rings. The van der Waals surface area contributed by atoms with Crippen LogP contribution >= 0.6 is 0 Å². The Labute approximate surface area is 168 Å². The molecule has 4 rings (SSSR count). The van der Waals surface area contributed by atoms with Gasteiger partial charge in [-0.1, -0.05) is 19.0 Å². The van der Waals surface area contributed by atoms with Crippen LogP contribution in [-0.4, -0.2) is 50.1 Å². The van der Waals surface area contributed by atoms with E-state index in [1.165, 1.54) is 0 Å². The predicted molar refractivity (Wildman–Crippen MR) is 105 cm³/mol. The number of nitrogens with one attached hydrogen (secondary N) is 1. The second-order valence-electron chi connectivity index (χ2n) is 7.42. The summed E-state index contributed by atoms with van der Waals surface area (Å²) >= 11 is 0. The zero-order chi connectivity index (χ0) is 20.4. The highest BCUT2D eigenvalue weighted by Gasteiger charge is 2.20. The third kappa shape index (κ3) is 4.04. The van der Waals surface area contributed by atoms with E-state index in [4.69, 9.17) is 9.26 Å². The Morgan fingerprint density at radius 1 is 1.41 bits per heavy atom. The molecule has 3 aromatic heterocycles. The Hall–Kier alpha value is -3.07. The highest BCUT2D eigenvalue weighted by Crippen LogP contribution is 2.22. The second-order valence-corrected chi connectivity index (χ2v) is 7.42. The lowest BCUT2D eigenvalue weighted by molar-refractivity contribution is 0.0857. The standard InChI is InChI=1S/C20H24N6O3/c1-12(2)18-24-20(29-25-18)14-6-7-21-17(9-14)26-13(3)16(11-23-26)19(27)22-10-15-5-4-8-28-15/h6-7,9,11-12,15H,4-5,8,10H2,1-3H3,(H,22,27). The smallest absolute Gasteiger partial charge is 0.258 e. The normalized spacial score (nSPS) is 16.5. The van der Waals surface area contributed by atoms with Crippen LogP contribution in [0.1, 0.15) is 54.5 Å². The van der Waals surface area contributed by atoms with Gasteiger partial charge in [-0.2, -0.15) is 10.1 Å². The van der Waals surface area contributed by atoms with Gasteiger partial charge < -0.3 is 14.6 Å². The molecular formula is C20H24N6O3. The first-order chi connectivity index (χ1) is 14.0. The van der Waals surface area contributed by atoms with Gasteiger partial charge in [-0.05, 0) is 31.9 Å². The molecule has 1 saturated heterocycles. The molecule has 0 aliphatic carbocycles. The van der Waals surface area contributed by atoms with E-state index in [9.17, 15) is 4.79 Å². The van der Waals surface area contributed by atoms with Crippen molar-refractivity contribution in [1.29, 1.82) is 0 Å². The lowest BCUT2D eigenvalue weighted by Crippen LogP contribution is -2.32. The summed E-state index contributed by atoms with van der Waals surface area (Å²) in [6, 6.07) is 3.61. The van der Waals surface area contributed by atoms with E-state index in [1.807, 2.05) is 26.8 Å². The van der Waals surface area contributed by atoms with Gasteiger partial charge in [0.15, 0.2) is 11.6 Å². The average Bonchev–Trinajstić information content (AvgIpc) is 3.47. The van der Waals surface area contributed by atoms with Gasteiger partial charge in [0.05, 0.1) is 23.6 Å². The Bertz CT molecular complexity index is 1000. The van der Waals surface area contributed by atoms with E-state index in [1.54, 1.807) is 23.1 Å². The molecule has 0 radical (unpaired) electrons. The third-order valence-corrected chi connectivity index (χ3v) is 4.94. The molecule has 1 fully saturated rings. The summed E-state index contributed by atoms with van der Waals surface area (Å²) in [7, 11) is 0. The fraction of sp³-hybridized carbons (Fsp3) is 0.450. The number of amides is 1. The van der Waals surface area contributed by atoms with Crippen LogP contribution in [0.15, 0.2) is 29.0 Å². The van der Waals surface area contributed by atoms with Crippen LogP contribution in [0, 0.1) is 6.92 Å².